The van der Waals surface area contributed by atoms with Crippen LogP contribution in [0.3, 0.4) is 0 Å². The standard InChI is InChI=1S/C18H20Cl2N2O3S/c1-12(2)13-7-4-5-9-15(13)21-17(23)11-22(26(3,24)25)16-10-6-8-14(19)18(16)20/h4-10,12H,11H2,1-3H3,(H,21,23). The predicted octanol–water partition coefficient (Wildman–Crippen LogP) is 4.52. The van der Waals surface area contributed by atoms with Gasteiger partial charge in [0.1, 0.15) is 6.54 Å². The Morgan fingerprint density at radius 3 is 2.38 bits per heavy atom. The molecule has 0 aliphatic heterocycles. The van der Waals surface area contributed by atoms with Gasteiger partial charge in [0.15, 0.2) is 0 Å². The highest BCUT2D eigenvalue weighted by Crippen LogP contribution is 2.33. The van der Waals surface area contributed by atoms with E-state index in [4.69, 9.17) is 23.2 Å². The van der Waals surface area contributed by atoms with Crippen LogP contribution in [0, 0.1) is 0 Å². The third-order valence-electron chi connectivity index (χ3n) is 3.74. The van der Waals surface area contributed by atoms with E-state index in [1.165, 1.54) is 6.07 Å². The molecule has 0 bridgehead atoms. The van der Waals surface area contributed by atoms with E-state index in [9.17, 15) is 13.2 Å². The topological polar surface area (TPSA) is 66.5 Å². The second-order valence-corrected chi connectivity index (χ2v) is 8.82. The fourth-order valence-corrected chi connectivity index (χ4v) is 3.81. The predicted molar refractivity (Wildman–Crippen MR) is 108 cm³/mol. The van der Waals surface area contributed by atoms with Crippen molar-refractivity contribution < 1.29 is 13.2 Å². The maximum atomic E-state index is 12.5. The van der Waals surface area contributed by atoms with Gasteiger partial charge in [0, 0.05) is 5.69 Å². The summed E-state index contributed by atoms with van der Waals surface area (Å²) >= 11 is 12.1. The first-order chi connectivity index (χ1) is 12.1. The number of anilines is 2. The molecule has 0 heterocycles. The van der Waals surface area contributed by atoms with Crippen molar-refractivity contribution in [1.82, 2.24) is 0 Å². The van der Waals surface area contributed by atoms with Gasteiger partial charge in [0.05, 0.1) is 22.0 Å². The third kappa shape index (κ3) is 4.90. The van der Waals surface area contributed by atoms with Gasteiger partial charge in [-0.3, -0.25) is 9.10 Å². The molecule has 0 unspecified atom stereocenters. The molecule has 8 heteroatoms. The summed E-state index contributed by atoms with van der Waals surface area (Å²) in [6, 6.07) is 12.0. The highest BCUT2D eigenvalue weighted by Gasteiger charge is 2.24. The molecular weight excluding hydrogens is 395 g/mol. The number of amides is 1. The second kappa shape index (κ2) is 8.29. The van der Waals surface area contributed by atoms with Crippen LogP contribution in [0.4, 0.5) is 11.4 Å². The van der Waals surface area contributed by atoms with Crippen LogP contribution < -0.4 is 9.62 Å². The Hall–Kier alpha value is -1.76. The van der Waals surface area contributed by atoms with Gasteiger partial charge in [-0.25, -0.2) is 8.42 Å². The van der Waals surface area contributed by atoms with E-state index in [1.807, 2.05) is 32.0 Å². The number of nitrogens with one attached hydrogen (secondary N) is 1. The molecule has 0 saturated carbocycles. The van der Waals surface area contributed by atoms with Crippen molar-refractivity contribution in [3.8, 4) is 0 Å². The molecule has 2 rings (SSSR count). The molecule has 0 radical (unpaired) electrons. The molecule has 0 spiro atoms. The van der Waals surface area contributed by atoms with Gasteiger partial charge in [-0.2, -0.15) is 0 Å². The highest BCUT2D eigenvalue weighted by molar-refractivity contribution is 7.92. The van der Waals surface area contributed by atoms with E-state index >= 15 is 0 Å². The first kappa shape index (κ1) is 20.6. The van der Waals surface area contributed by atoms with Crippen molar-refractivity contribution in [1.29, 1.82) is 0 Å². The van der Waals surface area contributed by atoms with Crippen molar-refractivity contribution in [2.24, 2.45) is 0 Å². The minimum Gasteiger partial charge on any atom is -0.324 e. The monoisotopic (exact) mass is 414 g/mol. The number of hydrogen-bond acceptors (Lipinski definition) is 3. The molecule has 0 aliphatic rings. The molecule has 0 aromatic heterocycles. The number of rotatable bonds is 6. The number of carbonyl (C=O) groups excluding carboxylic acids is 1. The summed E-state index contributed by atoms with van der Waals surface area (Å²) in [5.41, 5.74) is 1.78. The van der Waals surface area contributed by atoms with Gasteiger partial charge >= 0.3 is 0 Å². The lowest BCUT2D eigenvalue weighted by Crippen LogP contribution is -2.37. The number of halogens is 2. The number of para-hydroxylation sites is 1. The Balaban J connectivity index is 2.31. The lowest BCUT2D eigenvalue weighted by molar-refractivity contribution is -0.114. The summed E-state index contributed by atoms with van der Waals surface area (Å²) in [6.07, 6.45) is 1.01. The molecule has 2 aromatic rings. The zero-order valence-electron chi connectivity index (χ0n) is 14.7. The van der Waals surface area contributed by atoms with Gasteiger partial charge < -0.3 is 5.32 Å². The largest absolute Gasteiger partial charge is 0.324 e. The average molecular weight is 415 g/mol. The van der Waals surface area contributed by atoms with Crippen LogP contribution in [0.25, 0.3) is 0 Å². The normalized spacial score (nSPS) is 11.5. The maximum Gasteiger partial charge on any atom is 0.245 e. The summed E-state index contributed by atoms with van der Waals surface area (Å²) in [4.78, 5) is 12.5. The van der Waals surface area contributed by atoms with Crippen LogP contribution in [-0.4, -0.2) is 27.1 Å². The first-order valence-electron chi connectivity index (χ1n) is 7.91. The smallest absolute Gasteiger partial charge is 0.245 e. The minimum atomic E-state index is -3.74. The minimum absolute atomic E-state index is 0.0787. The SMILES string of the molecule is CC(C)c1ccccc1NC(=O)CN(c1cccc(Cl)c1Cl)S(C)(=O)=O. The highest BCUT2D eigenvalue weighted by atomic mass is 35.5. The van der Waals surface area contributed by atoms with E-state index in [0.717, 1.165) is 16.1 Å². The summed E-state index contributed by atoms with van der Waals surface area (Å²) in [7, 11) is -3.74. The summed E-state index contributed by atoms with van der Waals surface area (Å²) in [6.45, 7) is 3.62. The van der Waals surface area contributed by atoms with Gasteiger partial charge in [0.2, 0.25) is 15.9 Å². The molecule has 0 atom stereocenters. The van der Waals surface area contributed by atoms with E-state index in [-0.39, 0.29) is 21.7 Å². The Kier molecular flexibility index (Phi) is 6.55. The molecule has 0 aliphatic carbocycles. The van der Waals surface area contributed by atoms with Crippen LogP contribution in [0.15, 0.2) is 42.5 Å². The first-order valence-corrected chi connectivity index (χ1v) is 10.5. The second-order valence-electron chi connectivity index (χ2n) is 6.13. The van der Waals surface area contributed by atoms with Crippen molar-refractivity contribution in [3.05, 3.63) is 58.1 Å². The Labute approximate surface area is 164 Å². The molecule has 26 heavy (non-hydrogen) atoms. The van der Waals surface area contributed by atoms with Crippen LogP contribution >= 0.6 is 23.2 Å². The Bertz CT molecular complexity index is 914. The molecular formula is C18H20Cl2N2O3S. The lowest BCUT2D eigenvalue weighted by Gasteiger charge is -2.23. The van der Waals surface area contributed by atoms with E-state index in [2.05, 4.69) is 5.32 Å². The molecule has 5 nitrogen and oxygen atoms in total. The molecule has 0 fully saturated rings. The van der Waals surface area contributed by atoms with Gasteiger partial charge in [0.25, 0.3) is 0 Å². The number of nitrogens with zero attached hydrogens (tertiary/aromatic N) is 1. The van der Waals surface area contributed by atoms with Crippen LogP contribution in [-0.2, 0) is 14.8 Å². The summed E-state index contributed by atoms with van der Waals surface area (Å²) < 4.78 is 25.3. The van der Waals surface area contributed by atoms with Gasteiger partial charge in [-0.15, -0.1) is 0 Å². The van der Waals surface area contributed by atoms with Crippen molar-refractivity contribution in [2.45, 2.75) is 19.8 Å². The van der Waals surface area contributed by atoms with Crippen LogP contribution in [0.1, 0.15) is 25.3 Å². The molecule has 1 amide bonds. The fourth-order valence-electron chi connectivity index (χ4n) is 2.50. The number of hydrogen-bond donors (Lipinski definition) is 1. The Morgan fingerprint density at radius 2 is 1.77 bits per heavy atom. The third-order valence-corrected chi connectivity index (χ3v) is 5.68. The van der Waals surface area contributed by atoms with Gasteiger partial charge in [-0.05, 0) is 29.7 Å². The fraction of sp³-hybridized carbons (Fsp3) is 0.278. The van der Waals surface area contributed by atoms with E-state index < -0.39 is 22.5 Å². The zero-order valence-corrected chi connectivity index (χ0v) is 17.0. The van der Waals surface area contributed by atoms with E-state index in [0.29, 0.717) is 5.69 Å². The maximum absolute atomic E-state index is 12.5. The quantitative estimate of drug-likeness (QED) is 0.754. The average Bonchev–Trinajstić information content (AvgIpc) is 2.55. The van der Waals surface area contributed by atoms with Crippen LogP contribution in [0.2, 0.25) is 10.0 Å². The van der Waals surface area contributed by atoms with Crippen molar-refractivity contribution in [2.75, 3.05) is 22.4 Å². The molecule has 0 saturated heterocycles. The van der Waals surface area contributed by atoms with E-state index in [1.54, 1.807) is 18.2 Å². The molecule has 140 valence electrons. The summed E-state index contributed by atoms with van der Waals surface area (Å²) in [5, 5.41) is 3.07. The Morgan fingerprint density at radius 1 is 1.12 bits per heavy atom. The zero-order chi connectivity index (χ0) is 19.5. The number of benzene rings is 2. The molecule has 1 N–H and O–H groups in total. The number of sulfonamides is 1. The van der Waals surface area contributed by atoms with Crippen molar-refractivity contribution in [3.63, 3.8) is 0 Å². The van der Waals surface area contributed by atoms with Crippen LogP contribution in [0.5, 0.6) is 0 Å². The lowest BCUT2D eigenvalue weighted by atomic mass is 10.0. The van der Waals surface area contributed by atoms with Crippen molar-refractivity contribution >= 4 is 50.5 Å². The van der Waals surface area contributed by atoms with Gasteiger partial charge in [-0.1, -0.05) is 61.3 Å². The molecule has 2 aromatic carbocycles. The number of carbonyl (C=O) groups is 1. The summed E-state index contributed by atoms with van der Waals surface area (Å²) in [5.74, 6) is -0.264.